The Balaban J connectivity index is 2.11. The minimum atomic E-state index is -0.118. The first-order valence-corrected chi connectivity index (χ1v) is 7.87. The minimum absolute atomic E-state index is 0.118. The van der Waals surface area contributed by atoms with Gasteiger partial charge in [-0.25, -0.2) is 0 Å². The highest BCUT2D eigenvalue weighted by molar-refractivity contribution is 5.81. The van der Waals surface area contributed by atoms with E-state index in [1.165, 1.54) is 4.52 Å². The van der Waals surface area contributed by atoms with E-state index in [4.69, 9.17) is 0 Å². The lowest BCUT2D eigenvalue weighted by Crippen LogP contribution is -2.18. The van der Waals surface area contributed by atoms with Crippen molar-refractivity contribution in [2.24, 2.45) is 7.05 Å². The molecule has 0 spiro atoms. The summed E-state index contributed by atoms with van der Waals surface area (Å²) in [6.07, 6.45) is 0. The maximum Gasteiger partial charge on any atom is 0.274 e. The number of hydrogen-bond donors (Lipinski definition) is 0. The second kappa shape index (κ2) is 5.49. The number of hydrogen-bond acceptors (Lipinski definition) is 2. The summed E-state index contributed by atoms with van der Waals surface area (Å²) in [4.78, 5) is 12.6. The molecule has 0 saturated carbocycles. The topological polar surface area (TPSA) is 39.3 Å². The van der Waals surface area contributed by atoms with E-state index in [-0.39, 0.29) is 5.56 Å². The van der Waals surface area contributed by atoms with Crippen LogP contribution in [0.1, 0.15) is 5.69 Å². The van der Waals surface area contributed by atoms with Crippen LogP contribution in [0.15, 0.2) is 71.5 Å². The van der Waals surface area contributed by atoms with Crippen LogP contribution in [0.4, 0.5) is 0 Å². The fourth-order valence-corrected chi connectivity index (χ4v) is 3.20. The van der Waals surface area contributed by atoms with Gasteiger partial charge < -0.3 is 4.57 Å². The molecule has 0 amide bonds. The van der Waals surface area contributed by atoms with Gasteiger partial charge in [-0.2, -0.15) is 9.61 Å². The molecule has 2 aromatic carbocycles. The molecular formula is C20H17N3O. The van der Waals surface area contributed by atoms with Crippen molar-refractivity contribution < 1.29 is 0 Å². The molecule has 0 bridgehead atoms. The Hall–Kier alpha value is -3.14. The number of rotatable bonds is 2. The summed E-state index contributed by atoms with van der Waals surface area (Å²) in [7, 11) is 1.98. The van der Waals surface area contributed by atoms with Gasteiger partial charge in [-0.15, -0.1) is 0 Å². The molecule has 2 heterocycles. The van der Waals surface area contributed by atoms with Crippen molar-refractivity contribution in [3.8, 4) is 22.4 Å². The largest absolute Gasteiger partial charge is 0.328 e. The summed E-state index contributed by atoms with van der Waals surface area (Å²) >= 11 is 0. The highest BCUT2D eigenvalue weighted by Crippen LogP contribution is 2.29. The van der Waals surface area contributed by atoms with Gasteiger partial charge in [-0.05, 0) is 18.1 Å². The van der Waals surface area contributed by atoms with Crippen molar-refractivity contribution >= 4 is 5.65 Å². The smallest absolute Gasteiger partial charge is 0.274 e. The Labute approximate surface area is 139 Å². The molecule has 0 N–H and O–H groups in total. The first-order chi connectivity index (χ1) is 11.7. The number of benzene rings is 2. The van der Waals surface area contributed by atoms with Gasteiger partial charge in [-0.3, -0.25) is 4.79 Å². The number of aryl methyl sites for hydroxylation is 2. The van der Waals surface area contributed by atoms with Crippen LogP contribution in [0.2, 0.25) is 0 Å². The quantitative estimate of drug-likeness (QED) is 0.566. The van der Waals surface area contributed by atoms with Crippen LogP contribution in [0.25, 0.3) is 28.0 Å². The normalized spacial score (nSPS) is 11.1. The van der Waals surface area contributed by atoms with Crippen LogP contribution >= 0.6 is 0 Å². The molecule has 0 aliphatic heterocycles. The zero-order valence-corrected chi connectivity index (χ0v) is 13.6. The minimum Gasteiger partial charge on any atom is -0.328 e. The summed E-state index contributed by atoms with van der Waals surface area (Å²) in [5.74, 6) is 0. The number of aromatic nitrogens is 3. The van der Waals surface area contributed by atoms with E-state index < -0.39 is 0 Å². The summed E-state index contributed by atoms with van der Waals surface area (Å²) in [6, 6.07) is 21.7. The maximum atomic E-state index is 12.6. The molecule has 0 atom stereocenters. The number of fused-ring (bicyclic) bond motifs is 1. The fraction of sp³-hybridized carbons (Fsp3) is 0.100. The molecule has 0 radical (unpaired) electrons. The molecule has 4 heteroatoms. The van der Waals surface area contributed by atoms with E-state index in [0.717, 1.165) is 33.7 Å². The van der Waals surface area contributed by atoms with Crippen molar-refractivity contribution in [3.63, 3.8) is 0 Å². The summed E-state index contributed by atoms with van der Waals surface area (Å²) < 4.78 is 3.53. The lowest BCUT2D eigenvalue weighted by atomic mass is 10.1. The van der Waals surface area contributed by atoms with E-state index in [0.29, 0.717) is 0 Å². The predicted molar refractivity (Wildman–Crippen MR) is 96.0 cm³/mol. The van der Waals surface area contributed by atoms with E-state index >= 15 is 0 Å². The van der Waals surface area contributed by atoms with E-state index in [1.54, 1.807) is 6.07 Å². The van der Waals surface area contributed by atoms with Gasteiger partial charge in [0.05, 0.1) is 11.4 Å². The van der Waals surface area contributed by atoms with Gasteiger partial charge in [-0.1, -0.05) is 60.7 Å². The second-order valence-electron chi connectivity index (χ2n) is 5.85. The molecule has 4 rings (SSSR count). The Bertz CT molecular complexity index is 1080. The standard InChI is InChI=1S/C20H17N3O/c1-14-19(16-11-7-4-8-12-16)20-22(2)17(13-18(24)23(20)21-14)15-9-5-3-6-10-15/h3-13H,1-2H3. The molecule has 24 heavy (non-hydrogen) atoms. The van der Waals surface area contributed by atoms with Gasteiger partial charge in [0.25, 0.3) is 5.56 Å². The van der Waals surface area contributed by atoms with Gasteiger partial charge >= 0.3 is 0 Å². The second-order valence-corrected chi connectivity index (χ2v) is 5.85. The summed E-state index contributed by atoms with van der Waals surface area (Å²) in [5.41, 5.74) is 5.48. The third kappa shape index (κ3) is 2.15. The Kier molecular flexibility index (Phi) is 3.31. The molecule has 0 unspecified atom stereocenters. The Morgan fingerprint density at radius 2 is 1.46 bits per heavy atom. The van der Waals surface area contributed by atoms with E-state index in [2.05, 4.69) is 5.10 Å². The third-order valence-corrected chi connectivity index (χ3v) is 4.32. The van der Waals surface area contributed by atoms with Crippen molar-refractivity contribution in [2.75, 3.05) is 0 Å². The monoisotopic (exact) mass is 315 g/mol. The number of nitrogens with zero attached hydrogens (tertiary/aromatic N) is 3. The first-order valence-electron chi connectivity index (χ1n) is 7.87. The predicted octanol–water partition coefficient (Wildman–Crippen LogP) is 3.68. The van der Waals surface area contributed by atoms with Crippen molar-refractivity contribution in [3.05, 3.63) is 82.8 Å². The van der Waals surface area contributed by atoms with Crippen molar-refractivity contribution in [1.82, 2.24) is 14.2 Å². The van der Waals surface area contributed by atoms with Crippen LogP contribution in [-0.2, 0) is 7.05 Å². The van der Waals surface area contributed by atoms with Crippen LogP contribution in [0, 0.1) is 6.92 Å². The highest BCUT2D eigenvalue weighted by Gasteiger charge is 2.17. The highest BCUT2D eigenvalue weighted by atomic mass is 16.1. The van der Waals surface area contributed by atoms with Crippen molar-refractivity contribution in [2.45, 2.75) is 6.92 Å². The van der Waals surface area contributed by atoms with Crippen LogP contribution in [0.5, 0.6) is 0 Å². The van der Waals surface area contributed by atoms with Gasteiger partial charge in [0.15, 0.2) is 0 Å². The van der Waals surface area contributed by atoms with Crippen molar-refractivity contribution in [1.29, 1.82) is 0 Å². The lowest BCUT2D eigenvalue weighted by Gasteiger charge is -2.12. The molecule has 118 valence electrons. The van der Waals surface area contributed by atoms with E-state index in [9.17, 15) is 4.79 Å². The molecular weight excluding hydrogens is 298 g/mol. The van der Waals surface area contributed by atoms with E-state index in [1.807, 2.05) is 79.2 Å². The summed E-state index contributed by atoms with van der Waals surface area (Å²) in [6.45, 7) is 1.94. The Morgan fingerprint density at radius 1 is 0.875 bits per heavy atom. The maximum absolute atomic E-state index is 12.6. The fourth-order valence-electron chi connectivity index (χ4n) is 3.20. The summed E-state index contributed by atoms with van der Waals surface area (Å²) in [5, 5.41) is 4.47. The zero-order valence-electron chi connectivity index (χ0n) is 13.6. The van der Waals surface area contributed by atoms with Crippen LogP contribution in [0.3, 0.4) is 0 Å². The molecule has 2 aromatic heterocycles. The van der Waals surface area contributed by atoms with Gasteiger partial charge in [0.1, 0.15) is 5.65 Å². The molecule has 4 aromatic rings. The molecule has 0 saturated heterocycles. The molecule has 4 nitrogen and oxygen atoms in total. The first kappa shape index (κ1) is 14.5. The Morgan fingerprint density at radius 3 is 2.08 bits per heavy atom. The third-order valence-electron chi connectivity index (χ3n) is 4.32. The van der Waals surface area contributed by atoms with Gasteiger partial charge in [0, 0.05) is 18.7 Å². The lowest BCUT2D eigenvalue weighted by molar-refractivity contribution is 0.823. The van der Waals surface area contributed by atoms with Gasteiger partial charge in [0.2, 0.25) is 0 Å². The van der Waals surface area contributed by atoms with Crippen LogP contribution in [-0.4, -0.2) is 14.2 Å². The van der Waals surface area contributed by atoms with Crippen LogP contribution < -0.4 is 5.56 Å². The molecule has 0 aliphatic rings. The average Bonchev–Trinajstić information content (AvgIpc) is 2.97. The average molecular weight is 315 g/mol. The SMILES string of the molecule is Cc1nn2c(=O)cc(-c3ccccc3)n(C)c2c1-c1ccccc1. The molecule has 0 aliphatic carbocycles. The molecule has 0 fully saturated rings. The zero-order chi connectivity index (χ0) is 16.7.